The molecule has 158 valence electrons. The minimum absolute atomic E-state index is 0.299. The fourth-order valence-corrected chi connectivity index (χ4v) is 3.46. The van der Waals surface area contributed by atoms with E-state index in [9.17, 15) is 14.0 Å². The molecule has 1 aromatic heterocycles. The number of hydrogen-bond donors (Lipinski definition) is 3. The Morgan fingerprint density at radius 3 is 2.68 bits per heavy atom. The van der Waals surface area contributed by atoms with Crippen LogP contribution >= 0.6 is 0 Å². The van der Waals surface area contributed by atoms with Gasteiger partial charge in [-0.3, -0.25) is 9.89 Å². The zero-order valence-electron chi connectivity index (χ0n) is 17.4. The average molecular weight is 419 g/mol. The highest BCUT2D eigenvalue weighted by Gasteiger charge is 2.31. The molecule has 31 heavy (non-hydrogen) atoms. The molecule has 1 aliphatic rings. The molecule has 0 bridgehead atoms. The number of aromatic amines is 1. The van der Waals surface area contributed by atoms with E-state index in [1.165, 1.54) is 23.2 Å². The normalized spacial score (nSPS) is 16.0. The molecule has 4 rings (SSSR count). The van der Waals surface area contributed by atoms with Crippen molar-refractivity contribution in [2.45, 2.75) is 19.9 Å². The maximum atomic E-state index is 13.8. The number of anilines is 1. The van der Waals surface area contributed by atoms with Crippen LogP contribution in [0.3, 0.4) is 0 Å². The topological polar surface area (TPSA) is 90.1 Å². The largest absolute Gasteiger partial charge is 0.327 e. The third kappa shape index (κ3) is 4.18. The Morgan fingerprint density at radius 1 is 1.16 bits per heavy atom. The summed E-state index contributed by atoms with van der Waals surface area (Å²) in [5.74, 6) is -0.831. The molecule has 2 aromatic carbocycles. The zero-order chi connectivity index (χ0) is 22.1. The van der Waals surface area contributed by atoms with Crippen LogP contribution in [0, 0.1) is 19.7 Å². The molecule has 3 aromatic rings. The molecule has 0 fully saturated rings. The van der Waals surface area contributed by atoms with Crippen LogP contribution in [0.2, 0.25) is 0 Å². The molecule has 0 saturated carbocycles. The molecule has 0 aliphatic carbocycles. The van der Waals surface area contributed by atoms with Crippen molar-refractivity contribution in [2.75, 3.05) is 12.4 Å². The van der Waals surface area contributed by atoms with Crippen molar-refractivity contribution in [3.05, 3.63) is 82.9 Å². The molecule has 3 N–H and O–H groups in total. The van der Waals surface area contributed by atoms with Gasteiger partial charge in [-0.1, -0.05) is 24.3 Å². The van der Waals surface area contributed by atoms with Gasteiger partial charge < -0.3 is 15.5 Å². The van der Waals surface area contributed by atoms with Crippen LogP contribution in [-0.2, 0) is 4.79 Å². The smallest absolute Gasteiger partial charge is 0.321 e. The van der Waals surface area contributed by atoms with Gasteiger partial charge in [-0.2, -0.15) is 5.10 Å². The Bertz CT molecular complexity index is 1200. The first-order valence-electron chi connectivity index (χ1n) is 9.76. The number of aromatic nitrogens is 2. The van der Waals surface area contributed by atoms with Gasteiger partial charge in [0.1, 0.15) is 5.82 Å². The number of hydrogen-bond acceptors (Lipinski definition) is 3. The number of rotatable bonds is 4. The highest BCUT2D eigenvalue weighted by atomic mass is 19.1. The van der Waals surface area contributed by atoms with E-state index in [1.54, 1.807) is 19.2 Å². The number of H-pyrrole nitrogens is 1. The summed E-state index contributed by atoms with van der Waals surface area (Å²) in [4.78, 5) is 26.7. The van der Waals surface area contributed by atoms with Crippen molar-refractivity contribution in [3.8, 4) is 11.3 Å². The van der Waals surface area contributed by atoms with Gasteiger partial charge in [0.05, 0.1) is 17.3 Å². The Labute approximate surface area is 179 Å². The van der Waals surface area contributed by atoms with Crippen molar-refractivity contribution < 1.29 is 14.0 Å². The molecule has 2 heterocycles. The van der Waals surface area contributed by atoms with Gasteiger partial charge in [-0.15, -0.1) is 0 Å². The van der Waals surface area contributed by atoms with Crippen molar-refractivity contribution >= 4 is 17.6 Å². The Hall–Kier alpha value is -3.94. The number of benzene rings is 2. The first-order valence-corrected chi connectivity index (χ1v) is 9.76. The molecule has 0 saturated heterocycles. The Kier molecular flexibility index (Phi) is 5.29. The SMILES string of the molecule is Cc1cc(-c2ccc(C)c(NC(=O)C3=CN(C)C(=O)N[C@H]3c3cccc(F)c3)c2)n[nH]1. The van der Waals surface area contributed by atoms with Crippen LogP contribution in [0.5, 0.6) is 0 Å². The van der Waals surface area contributed by atoms with Crippen LogP contribution < -0.4 is 10.6 Å². The lowest BCUT2D eigenvalue weighted by atomic mass is 9.96. The highest BCUT2D eigenvalue weighted by Crippen LogP contribution is 2.29. The minimum atomic E-state index is -0.767. The van der Waals surface area contributed by atoms with Crippen LogP contribution in [0.4, 0.5) is 14.9 Å². The maximum Gasteiger partial charge on any atom is 0.321 e. The number of halogens is 1. The number of urea groups is 1. The molecule has 7 nitrogen and oxygen atoms in total. The third-order valence-electron chi connectivity index (χ3n) is 5.16. The van der Waals surface area contributed by atoms with E-state index in [-0.39, 0.29) is 11.9 Å². The van der Waals surface area contributed by atoms with Gasteiger partial charge in [-0.05, 0) is 49.2 Å². The predicted molar refractivity (Wildman–Crippen MR) is 116 cm³/mol. The Morgan fingerprint density at radius 2 is 1.97 bits per heavy atom. The lowest BCUT2D eigenvalue weighted by molar-refractivity contribution is -0.113. The van der Waals surface area contributed by atoms with Gasteiger partial charge in [0.15, 0.2) is 0 Å². The second-order valence-corrected chi connectivity index (χ2v) is 7.55. The number of nitrogens with zero attached hydrogens (tertiary/aromatic N) is 2. The van der Waals surface area contributed by atoms with E-state index >= 15 is 0 Å². The maximum absolute atomic E-state index is 13.8. The second kappa shape index (κ2) is 8.06. The molecule has 8 heteroatoms. The second-order valence-electron chi connectivity index (χ2n) is 7.55. The number of amides is 3. The van der Waals surface area contributed by atoms with Crippen LogP contribution in [0.15, 0.2) is 60.3 Å². The number of nitrogens with one attached hydrogen (secondary N) is 3. The van der Waals surface area contributed by atoms with Crippen LogP contribution in [-0.4, -0.2) is 34.1 Å². The van der Waals surface area contributed by atoms with E-state index < -0.39 is 11.9 Å². The van der Waals surface area contributed by atoms with E-state index in [4.69, 9.17) is 0 Å². The molecule has 0 radical (unpaired) electrons. The summed E-state index contributed by atoms with van der Waals surface area (Å²) in [6, 6.07) is 12.3. The zero-order valence-corrected chi connectivity index (χ0v) is 17.4. The van der Waals surface area contributed by atoms with Gasteiger partial charge in [0, 0.05) is 30.2 Å². The molecule has 1 atom stereocenters. The van der Waals surface area contributed by atoms with Crippen molar-refractivity contribution in [3.63, 3.8) is 0 Å². The van der Waals surface area contributed by atoms with Crippen molar-refractivity contribution in [1.29, 1.82) is 0 Å². The summed E-state index contributed by atoms with van der Waals surface area (Å²) in [6.07, 6.45) is 1.47. The highest BCUT2D eigenvalue weighted by molar-refractivity contribution is 6.06. The van der Waals surface area contributed by atoms with Gasteiger partial charge in [-0.25, -0.2) is 9.18 Å². The summed E-state index contributed by atoms with van der Waals surface area (Å²) >= 11 is 0. The summed E-state index contributed by atoms with van der Waals surface area (Å²) in [5.41, 5.74) is 4.85. The first kappa shape index (κ1) is 20.3. The summed E-state index contributed by atoms with van der Waals surface area (Å²) < 4.78 is 13.8. The summed E-state index contributed by atoms with van der Waals surface area (Å²) in [5, 5.41) is 12.9. The van der Waals surface area contributed by atoms with Crippen molar-refractivity contribution in [1.82, 2.24) is 20.4 Å². The summed E-state index contributed by atoms with van der Waals surface area (Å²) in [7, 11) is 1.55. The van der Waals surface area contributed by atoms with Gasteiger partial charge >= 0.3 is 6.03 Å². The molecule has 0 spiro atoms. The molecule has 1 aliphatic heterocycles. The average Bonchev–Trinajstić information content (AvgIpc) is 3.17. The Balaban J connectivity index is 1.66. The number of aryl methyl sites for hydroxylation is 2. The molecular weight excluding hydrogens is 397 g/mol. The molecule has 3 amide bonds. The lowest BCUT2D eigenvalue weighted by Gasteiger charge is -2.30. The van der Waals surface area contributed by atoms with E-state index in [0.29, 0.717) is 16.8 Å². The molecule has 0 unspecified atom stereocenters. The van der Waals surface area contributed by atoms with Crippen molar-refractivity contribution in [2.24, 2.45) is 0 Å². The standard InChI is InChI=1S/C23H22FN5O2/c1-13-7-8-15(20-9-14(2)27-28-20)11-19(13)25-22(30)18-12-29(3)23(31)26-21(18)16-5-4-6-17(24)10-16/h4-12,21H,1-3H3,(H,25,30)(H,26,31)(H,27,28)/t21-/m0/s1. The third-order valence-corrected chi connectivity index (χ3v) is 5.16. The fraction of sp³-hybridized carbons (Fsp3) is 0.174. The van der Waals surface area contributed by atoms with E-state index in [1.807, 2.05) is 38.1 Å². The number of carbonyl (C=O) groups excluding carboxylic acids is 2. The van der Waals surface area contributed by atoms with Gasteiger partial charge in [0.25, 0.3) is 5.91 Å². The van der Waals surface area contributed by atoms with E-state index in [0.717, 1.165) is 22.5 Å². The van der Waals surface area contributed by atoms with E-state index in [2.05, 4.69) is 20.8 Å². The first-order chi connectivity index (χ1) is 14.8. The predicted octanol–water partition coefficient (Wildman–Crippen LogP) is 4.05. The minimum Gasteiger partial charge on any atom is -0.327 e. The van der Waals surface area contributed by atoms with Crippen LogP contribution in [0.1, 0.15) is 22.9 Å². The quantitative estimate of drug-likeness (QED) is 0.596. The summed E-state index contributed by atoms with van der Waals surface area (Å²) in [6.45, 7) is 3.81. The lowest BCUT2D eigenvalue weighted by Crippen LogP contribution is -2.44. The molecular formula is C23H22FN5O2. The fourth-order valence-electron chi connectivity index (χ4n) is 3.46. The van der Waals surface area contributed by atoms with Crippen LogP contribution in [0.25, 0.3) is 11.3 Å². The van der Waals surface area contributed by atoms with Gasteiger partial charge in [0.2, 0.25) is 0 Å². The number of carbonyl (C=O) groups is 2. The monoisotopic (exact) mass is 419 g/mol.